The van der Waals surface area contributed by atoms with Gasteiger partial charge in [-0.3, -0.25) is 0 Å². The molecule has 3 fully saturated rings. The Bertz CT molecular complexity index is 257. The molecule has 0 aromatic heterocycles. The van der Waals surface area contributed by atoms with Crippen LogP contribution in [0.3, 0.4) is 0 Å². The molecule has 1 saturated carbocycles. The summed E-state index contributed by atoms with van der Waals surface area (Å²) in [5.41, 5.74) is 0.734. The minimum atomic E-state index is 0.734. The molecule has 0 radical (unpaired) electrons. The van der Waals surface area contributed by atoms with Gasteiger partial charge in [0.05, 0.1) is 0 Å². The molecule has 1 spiro atoms. The Labute approximate surface area is 112 Å². The predicted octanol–water partition coefficient (Wildman–Crippen LogP) is 1.45. The lowest BCUT2D eigenvalue weighted by Gasteiger charge is -2.52. The summed E-state index contributed by atoms with van der Waals surface area (Å²) in [5, 5.41) is 6.90. The zero-order chi connectivity index (χ0) is 12.4. The van der Waals surface area contributed by atoms with Gasteiger partial charge >= 0.3 is 0 Å². The average Bonchev–Trinajstić information content (AvgIpc) is 2.38. The highest BCUT2D eigenvalue weighted by molar-refractivity contribution is 4.99. The van der Waals surface area contributed by atoms with Gasteiger partial charge in [0.15, 0.2) is 0 Å². The number of hydrogen-bond donors (Lipinski definition) is 2. The van der Waals surface area contributed by atoms with Crippen molar-refractivity contribution in [2.45, 2.75) is 44.6 Å². The Morgan fingerprint density at radius 2 is 1.83 bits per heavy atom. The molecule has 0 unspecified atom stereocenters. The molecule has 0 aromatic carbocycles. The summed E-state index contributed by atoms with van der Waals surface area (Å²) >= 11 is 0. The highest BCUT2D eigenvalue weighted by atomic mass is 15.1. The molecular weight excluding hydrogens is 222 g/mol. The molecule has 0 aromatic rings. The summed E-state index contributed by atoms with van der Waals surface area (Å²) in [7, 11) is 2.11. The van der Waals surface area contributed by atoms with Crippen LogP contribution in [0.5, 0.6) is 0 Å². The first-order valence-electron chi connectivity index (χ1n) is 7.90. The predicted molar refractivity (Wildman–Crippen MR) is 75.8 cm³/mol. The number of nitrogens with zero attached hydrogens (tertiary/aromatic N) is 1. The zero-order valence-electron chi connectivity index (χ0n) is 11.9. The van der Waals surface area contributed by atoms with Gasteiger partial charge in [0.2, 0.25) is 0 Å². The van der Waals surface area contributed by atoms with E-state index in [1.807, 2.05) is 0 Å². The Balaban J connectivity index is 1.40. The van der Waals surface area contributed by atoms with E-state index in [1.165, 1.54) is 71.2 Å². The van der Waals surface area contributed by atoms with Crippen molar-refractivity contribution < 1.29 is 0 Å². The Morgan fingerprint density at radius 1 is 1.17 bits per heavy atom. The van der Waals surface area contributed by atoms with E-state index in [9.17, 15) is 0 Å². The molecule has 0 atom stereocenters. The second kappa shape index (κ2) is 5.48. The lowest BCUT2D eigenvalue weighted by atomic mass is 9.60. The van der Waals surface area contributed by atoms with E-state index in [2.05, 4.69) is 22.6 Å². The van der Waals surface area contributed by atoms with Crippen molar-refractivity contribution in [3.8, 4) is 0 Å². The third kappa shape index (κ3) is 2.73. The van der Waals surface area contributed by atoms with E-state index in [-0.39, 0.29) is 0 Å². The van der Waals surface area contributed by atoms with Crippen molar-refractivity contribution >= 4 is 0 Å². The lowest BCUT2D eigenvalue weighted by Crippen LogP contribution is -2.53. The van der Waals surface area contributed by atoms with Crippen molar-refractivity contribution in [2.24, 2.45) is 11.3 Å². The van der Waals surface area contributed by atoms with Crippen LogP contribution < -0.4 is 10.6 Å². The molecule has 2 saturated heterocycles. The van der Waals surface area contributed by atoms with Gasteiger partial charge < -0.3 is 15.5 Å². The van der Waals surface area contributed by atoms with Gasteiger partial charge in [0.1, 0.15) is 0 Å². The van der Waals surface area contributed by atoms with E-state index in [0.717, 1.165) is 17.4 Å². The third-order valence-corrected chi connectivity index (χ3v) is 5.66. The van der Waals surface area contributed by atoms with E-state index in [4.69, 9.17) is 0 Å². The van der Waals surface area contributed by atoms with Crippen LogP contribution in [0, 0.1) is 11.3 Å². The number of likely N-dealkylation sites (tertiary alicyclic amines) is 1. The zero-order valence-corrected chi connectivity index (χ0v) is 11.9. The second-order valence-corrected chi connectivity index (χ2v) is 6.89. The molecule has 3 nitrogen and oxygen atoms in total. The fraction of sp³-hybridized carbons (Fsp3) is 1.00. The van der Waals surface area contributed by atoms with Crippen LogP contribution in [-0.2, 0) is 0 Å². The van der Waals surface area contributed by atoms with Crippen LogP contribution in [0.2, 0.25) is 0 Å². The van der Waals surface area contributed by atoms with Gasteiger partial charge in [0, 0.05) is 12.6 Å². The lowest BCUT2D eigenvalue weighted by molar-refractivity contribution is 0.00299. The van der Waals surface area contributed by atoms with Gasteiger partial charge in [-0.15, -0.1) is 0 Å². The fourth-order valence-electron chi connectivity index (χ4n) is 4.24. The SMILES string of the molecule is CNC1CC2(CCN(CC3CCNCC3)CC2)C1. The van der Waals surface area contributed by atoms with Gasteiger partial charge in [-0.2, -0.15) is 0 Å². The topological polar surface area (TPSA) is 27.3 Å². The average molecular weight is 251 g/mol. The van der Waals surface area contributed by atoms with Gasteiger partial charge in [-0.1, -0.05) is 0 Å². The monoisotopic (exact) mass is 251 g/mol. The van der Waals surface area contributed by atoms with E-state index in [0.29, 0.717) is 0 Å². The minimum absolute atomic E-state index is 0.734. The number of hydrogen-bond acceptors (Lipinski definition) is 3. The van der Waals surface area contributed by atoms with E-state index in [1.54, 1.807) is 0 Å². The van der Waals surface area contributed by atoms with Crippen LogP contribution in [0.25, 0.3) is 0 Å². The van der Waals surface area contributed by atoms with E-state index >= 15 is 0 Å². The molecule has 0 bridgehead atoms. The molecule has 2 N–H and O–H groups in total. The highest BCUT2D eigenvalue weighted by Crippen LogP contribution is 2.48. The molecular formula is C15H29N3. The number of rotatable bonds is 3. The summed E-state index contributed by atoms with van der Waals surface area (Å²) in [4.78, 5) is 2.74. The molecule has 2 aliphatic heterocycles. The first kappa shape index (κ1) is 12.9. The van der Waals surface area contributed by atoms with Crippen molar-refractivity contribution in [1.82, 2.24) is 15.5 Å². The molecule has 1 aliphatic carbocycles. The third-order valence-electron chi connectivity index (χ3n) is 5.66. The van der Waals surface area contributed by atoms with Crippen molar-refractivity contribution in [3.05, 3.63) is 0 Å². The van der Waals surface area contributed by atoms with Crippen LogP contribution in [-0.4, -0.2) is 50.7 Å². The molecule has 3 aliphatic rings. The molecule has 3 rings (SSSR count). The van der Waals surface area contributed by atoms with E-state index < -0.39 is 0 Å². The molecule has 3 heteroatoms. The molecule has 18 heavy (non-hydrogen) atoms. The van der Waals surface area contributed by atoms with Crippen molar-refractivity contribution in [1.29, 1.82) is 0 Å². The summed E-state index contributed by atoms with van der Waals surface area (Å²) in [5.74, 6) is 0.965. The summed E-state index contributed by atoms with van der Waals surface area (Å²) in [6.45, 7) is 6.58. The highest BCUT2D eigenvalue weighted by Gasteiger charge is 2.45. The Morgan fingerprint density at radius 3 is 2.44 bits per heavy atom. The smallest absolute Gasteiger partial charge is 0.00746 e. The Kier molecular flexibility index (Phi) is 3.92. The van der Waals surface area contributed by atoms with Crippen LogP contribution in [0.15, 0.2) is 0 Å². The maximum Gasteiger partial charge on any atom is 0.00746 e. The van der Waals surface area contributed by atoms with Crippen LogP contribution >= 0.6 is 0 Å². The molecule has 0 amide bonds. The standard InChI is InChI=1S/C15H29N3/c1-16-14-10-15(11-14)4-8-18(9-5-15)12-13-2-6-17-7-3-13/h13-14,16-17H,2-12H2,1H3. The maximum absolute atomic E-state index is 3.47. The number of piperidine rings is 2. The van der Waals surface area contributed by atoms with Gasteiger partial charge in [0.25, 0.3) is 0 Å². The Hall–Kier alpha value is -0.120. The summed E-state index contributed by atoms with van der Waals surface area (Å²) < 4.78 is 0. The first-order valence-corrected chi connectivity index (χ1v) is 7.90. The summed E-state index contributed by atoms with van der Waals surface area (Å²) in [6.07, 6.45) is 8.56. The normalized spacial score (nSPS) is 30.5. The largest absolute Gasteiger partial charge is 0.317 e. The van der Waals surface area contributed by atoms with Crippen molar-refractivity contribution in [2.75, 3.05) is 39.8 Å². The minimum Gasteiger partial charge on any atom is -0.317 e. The van der Waals surface area contributed by atoms with Crippen LogP contribution in [0.4, 0.5) is 0 Å². The van der Waals surface area contributed by atoms with Gasteiger partial charge in [-0.05, 0) is 83.1 Å². The quantitative estimate of drug-likeness (QED) is 0.795. The number of nitrogens with one attached hydrogen (secondary N) is 2. The van der Waals surface area contributed by atoms with Crippen molar-refractivity contribution in [3.63, 3.8) is 0 Å². The van der Waals surface area contributed by atoms with Crippen LogP contribution in [0.1, 0.15) is 38.5 Å². The first-order chi connectivity index (χ1) is 8.80. The molecule has 104 valence electrons. The molecule has 2 heterocycles. The fourth-order valence-corrected chi connectivity index (χ4v) is 4.24. The summed E-state index contributed by atoms with van der Waals surface area (Å²) in [6, 6.07) is 0.820. The second-order valence-electron chi connectivity index (χ2n) is 6.89. The maximum atomic E-state index is 3.47. The van der Waals surface area contributed by atoms with Gasteiger partial charge in [-0.25, -0.2) is 0 Å².